The van der Waals surface area contributed by atoms with Gasteiger partial charge in [-0.25, -0.2) is 0 Å². The summed E-state index contributed by atoms with van der Waals surface area (Å²) in [5.41, 5.74) is 13.5. The molecular formula is C38H30O2. The lowest BCUT2D eigenvalue weighted by Crippen LogP contribution is -2.17. The Kier molecular flexibility index (Phi) is 4.94. The normalized spacial score (nSPS) is 17.9. The number of benzene rings is 5. The van der Waals surface area contributed by atoms with Crippen molar-refractivity contribution in [3.05, 3.63) is 130 Å². The number of hydrogen-bond acceptors (Lipinski definition) is 2. The van der Waals surface area contributed by atoms with Gasteiger partial charge in [-0.05, 0) is 85.7 Å². The van der Waals surface area contributed by atoms with Gasteiger partial charge < -0.3 is 9.47 Å². The van der Waals surface area contributed by atoms with Crippen molar-refractivity contribution >= 4 is 16.3 Å². The van der Waals surface area contributed by atoms with E-state index in [1.54, 1.807) is 0 Å². The van der Waals surface area contributed by atoms with E-state index in [1.807, 2.05) is 0 Å². The van der Waals surface area contributed by atoms with E-state index in [0.29, 0.717) is 0 Å². The molecule has 0 bridgehead atoms. The molecule has 2 nitrogen and oxygen atoms in total. The fraction of sp³-hybridized carbons (Fsp3) is 0.158. The quantitative estimate of drug-likeness (QED) is 0.227. The van der Waals surface area contributed by atoms with Crippen molar-refractivity contribution in [1.82, 2.24) is 0 Å². The Morgan fingerprint density at radius 1 is 0.600 bits per heavy atom. The summed E-state index contributed by atoms with van der Waals surface area (Å²) in [6.07, 6.45) is 6.87. The minimum Gasteiger partial charge on any atom is -0.485 e. The first-order valence-electron chi connectivity index (χ1n) is 14.1. The maximum Gasteiger partial charge on any atom is 0.135 e. The average molecular weight is 519 g/mol. The maximum atomic E-state index is 6.70. The van der Waals surface area contributed by atoms with Crippen LogP contribution in [0.25, 0.3) is 38.6 Å². The lowest BCUT2D eigenvalue weighted by atomic mass is 9.83. The van der Waals surface area contributed by atoms with Crippen LogP contribution in [0.4, 0.5) is 0 Å². The van der Waals surface area contributed by atoms with E-state index in [0.717, 1.165) is 22.8 Å². The van der Waals surface area contributed by atoms with Crippen molar-refractivity contribution in [1.29, 1.82) is 0 Å². The molecule has 5 aromatic carbocycles. The summed E-state index contributed by atoms with van der Waals surface area (Å²) in [5.74, 6) is 2.96. The maximum absolute atomic E-state index is 6.70. The Balaban J connectivity index is 1.24. The summed E-state index contributed by atoms with van der Waals surface area (Å²) < 4.78 is 13.3. The molecule has 0 fully saturated rings. The smallest absolute Gasteiger partial charge is 0.135 e. The molecule has 8 rings (SSSR count). The largest absolute Gasteiger partial charge is 0.485 e. The highest BCUT2D eigenvalue weighted by molar-refractivity contribution is 6.07. The van der Waals surface area contributed by atoms with Crippen molar-refractivity contribution in [3.63, 3.8) is 0 Å². The van der Waals surface area contributed by atoms with E-state index in [4.69, 9.17) is 9.47 Å². The van der Waals surface area contributed by atoms with E-state index in [9.17, 15) is 0 Å². The minimum atomic E-state index is -0.0222. The predicted octanol–water partition coefficient (Wildman–Crippen LogP) is 10.0. The van der Waals surface area contributed by atoms with Crippen LogP contribution in [0.1, 0.15) is 39.3 Å². The second-order valence-electron chi connectivity index (χ2n) is 11.7. The van der Waals surface area contributed by atoms with E-state index in [2.05, 4.69) is 125 Å². The summed E-state index contributed by atoms with van der Waals surface area (Å²) in [7, 11) is 0. The van der Waals surface area contributed by atoms with Gasteiger partial charge in [-0.1, -0.05) is 89.0 Å². The summed E-state index contributed by atoms with van der Waals surface area (Å²) in [4.78, 5) is 0. The van der Waals surface area contributed by atoms with Gasteiger partial charge in [-0.2, -0.15) is 0 Å². The highest BCUT2D eigenvalue weighted by Gasteiger charge is 2.37. The molecule has 0 N–H and O–H groups in total. The molecule has 0 saturated carbocycles. The van der Waals surface area contributed by atoms with Crippen LogP contribution >= 0.6 is 0 Å². The van der Waals surface area contributed by atoms with Gasteiger partial charge in [0.1, 0.15) is 23.4 Å². The molecule has 3 aliphatic rings. The molecule has 2 heteroatoms. The molecule has 0 spiro atoms. The third-order valence-electron chi connectivity index (χ3n) is 8.51. The topological polar surface area (TPSA) is 18.5 Å². The van der Waals surface area contributed by atoms with E-state index < -0.39 is 0 Å². The Labute approximate surface area is 235 Å². The van der Waals surface area contributed by atoms with Crippen LogP contribution in [0, 0.1) is 27.7 Å². The summed E-state index contributed by atoms with van der Waals surface area (Å²) in [6.45, 7) is 8.61. The van der Waals surface area contributed by atoms with Gasteiger partial charge in [0.15, 0.2) is 0 Å². The lowest BCUT2D eigenvalue weighted by Gasteiger charge is -2.24. The predicted molar refractivity (Wildman–Crippen MR) is 165 cm³/mol. The Morgan fingerprint density at radius 2 is 1.32 bits per heavy atom. The first-order valence-corrected chi connectivity index (χ1v) is 14.1. The van der Waals surface area contributed by atoms with Gasteiger partial charge in [0.25, 0.3) is 0 Å². The van der Waals surface area contributed by atoms with Crippen molar-refractivity contribution in [2.45, 2.75) is 39.7 Å². The summed E-state index contributed by atoms with van der Waals surface area (Å²) in [6, 6.07) is 28.7. The molecule has 0 amide bonds. The van der Waals surface area contributed by atoms with Crippen molar-refractivity contribution < 1.29 is 9.47 Å². The van der Waals surface area contributed by atoms with Gasteiger partial charge in [0, 0.05) is 28.0 Å². The first kappa shape index (κ1) is 23.3. The lowest BCUT2D eigenvalue weighted by molar-refractivity contribution is 0.270. The SMILES string of the molecule is Cc1cc(C)cc(C2=CC3Oc4cc5c6c(cccc6c4C3C=C2)Oc2cc(-c3cc(C)cc(C)c3)ccc2-5)c1. The third kappa shape index (κ3) is 3.56. The molecule has 0 aromatic heterocycles. The standard InChI is InChI=1S/C38H30O2/c1-21-12-22(2)15-27(14-21)25-8-10-29-32-20-36-37(31-6-5-7-33(38(31)32)39-34(29)18-25)30-11-9-26(19-35(30)40-36)28-16-23(3)13-24(4)17-28/h5-20,30,35H,1-4H3. The van der Waals surface area contributed by atoms with Crippen LogP contribution in [0.15, 0.2) is 97.1 Å². The van der Waals surface area contributed by atoms with Gasteiger partial charge in [0.2, 0.25) is 0 Å². The number of rotatable bonds is 2. The van der Waals surface area contributed by atoms with Crippen molar-refractivity contribution in [2.75, 3.05) is 0 Å². The monoisotopic (exact) mass is 518 g/mol. The molecule has 0 saturated heterocycles. The molecular weight excluding hydrogens is 488 g/mol. The van der Waals surface area contributed by atoms with Crippen LogP contribution in [0.2, 0.25) is 0 Å². The highest BCUT2D eigenvalue weighted by atomic mass is 16.5. The number of ether oxygens (including phenoxy) is 2. The van der Waals surface area contributed by atoms with Gasteiger partial charge in [0.05, 0.1) is 0 Å². The summed E-state index contributed by atoms with van der Waals surface area (Å²) in [5, 5.41) is 2.39. The molecule has 2 heterocycles. The third-order valence-corrected chi connectivity index (χ3v) is 8.51. The van der Waals surface area contributed by atoms with Crippen LogP contribution in [0.5, 0.6) is 17.2 Å². The van der Waals surface area contributed by atoms with Crippen LogP contribution in [0.3, 0.4) is 0 Å². The molecule has 194 valence electrons. The zero-order valence-corrected chi connectivity index (χ0v) is 23.2. The molecule has 1 aliphatic carbocycles. The minimum absolute atomic E-state index is 0.0222. The van der Waals surface area contributed by atoms with Gasteiger partial charge in [-0.3, -0.25) is 0 Å². The van der Waals surface area contributed by atoms with Gasteiger partial charge in [-0.15, -0.1) is 0 Å². The van der Waals surface area contributed by atoms with Crippen molar-refractivity contribution in [3.8, 4) is 39.5 Å². The zero-order chi connectivity index (χ0) is 27.1. The van der Waals surface area contributed by atoms with Gasteiger partial charge >= 0.3 is 0 Å². The van der Waals surface area contributed by atoms with E-state index in [-0.39, 0.29) is 12.0 Å². The average Bonchev–Trinajstić information content (AvgIpc) is 3.29. The molecule has 5 aromatic rings. The Bertz CT molecular complexity index is 1910. The number of aryl methyl sites for hydroxylation is 4. The number of fused-ring (bicyclic) bond motifs is 6. The Hall–Kier alpha value is -4.56. The van der Waals surface area contributed by atoms with Crippen LogP contribution < -0.4 is 9.47 Å². The molecule has 2 atom stereocenters. The van der Waals surface area contributed by atoms with E-state index >= 15 is 0 Å². The van der Waals surface area contributed by atoms with E-state index in [1.165, 1.54) is 66.4 Å². The fourth-order valence-corrected chi connectivity index (χ4v) is 6.96. The first-order chi connectivity index (χ1) is 19.4. The zero-order valence-electron chi connectivity index (χ0n) is 23.2. The fourth-order valence-electron chi connectivity index (χ4n) is 6.96. The molecule has 2 aliphatic heterocycles. The van der Waals surface area contributed by atoms with Crippen molar-refractivity contribution in [2.24, 2.45) is 0 Å². The number of hydrogen-bond donors (Lipinski definition) is 0. The summed E-state index contributed by atoms with van der Waals surface area (Å²) >= 11 is 0. The van der Waals surface area contributed by atoms with Crippen LogP contribution in [-0.4, -0.2) is 6.10 Å². The molecule has 2 unspecified atom stereocenters. The molecule has 40 heavy (non-hydrogen) atoms. The second kappa shape index (κ2) is 8.47. The highest BCUT2D eigenvalue weighted by Crippen LogP contribution is 2.55. The number of allylic oxidation sites excluding steroid dienone is 2. The second-order valence-corrected chi connectivity index (χ2v) is 11.7. The van der Waals surface area contributed by atoms with Crippen LogP contribution in [-0.2, 0) is 0 Å². The molecule has 0 radical (unpaired) electrons. The Morgan fingerprint density at radius 3 is 2.08 bits per heavy atom.